The summed E-state index contributed by atoms with van der Waals surface area (Å²) in [7, 11) is 0. The third-order valence-corrected chi connectivity index (χ3v) is 4.09. The summed E-state index contributed by atoms with van der Waals surface area (Å²) in [6.07, 6.45) is 4.77. The van der Waals surface area contributed by atoms with Crippen LogP contribution in [0.25, 0.3) is 10.8 Å². The Balaban J connectivity index is 2.32. The maximum Gasteiger partial charge on any atom is 0.259 e. The van der Waals surface area contributed by atoms with Gasteiger partial charge in [-0.05, 0) is 29.4 Å². The van der Waals surface area contributed by atoms with E-state index in [1.54, 1.807) is 4.57 Å². The molecule has 0 spiro atoms. The van der Waals surface area contributed by atoms with E-state index in [-0.39, 0.29) is 11.0 Å². The topological polar surface area (TPSA) is 48.0 Å². The number of pyridine rings is 1. The zero-order valence-electron chi connectivity index (χ0n) is 13.4. The molecule has 0 saturated carbocycles. The number of nitrogen functional groups attached to an aromatic ring is 1. The van der Waals surface area contributed by atoms with Crippen molar-refractivity contribution in [3.63, 3.8) is 0 Å². The van der Waals surface area contributed by atoms with Gasteiger partial charge in [0.1, 0.15) is 5.82 Å². The van der Waals surface area contributed by atoms with Gasteiger partial charge in [-0.1, -0.05) is 58.2 Å². The molecule has 1 aromatic heterocycles. The number of nitrogens with zero attached hydrogens (tertiary/aromatic N) is 1. The van der Waals surface area contributed by atoms with E-state index in [1.807, 2.05) is 30.3 Å². The largest absolute Gasteiger partial charge is 0.385 e. The summed E-state index contributed by atoms with van der Waals surface area (Å²) in [5, 5.41) is 1.66. The van der Waals surface area contributed by atoms with Crippen LogP contribution in [0.1, 0.15) is 46.5 Å². The summed E-state index contributed by atoms with van der Waals surface area (Å²) in [5.74, 6) is 0.558. The molecule has 0 bridgehead atoms. The monoisotopic (exact) mass is 286 g/mol. The van der Waals surface area contributed by atoms with Gasteiger partial charge in [0.05, 0.1) is 0 Å². The minimum absolute atomic E-state index is 0.0224. The molecule has 2 rings (SSSR count). The maximum atomic E-state index is 12.6. The Morgan fingerprint density at radius 3 is 2.62 bits per heavy atom. The molecule has 0 amide bonds. The lowest BCUT2D eigenvalue weighted by Crippen LogP contribution is -2.30. The molecule has 0 aliphatic carbocycles. The van der Waals surface area contributed by atoms with Crippen LogP contribution in [0.15, 0.2) is 35.1 Å². The number of anilines is 1. The fourth-order valence-corrected chi connectivity index (χ4v) is 2.84. The van der Waals surface area contributed by atoms with Crippen molar-refractivity contribution in [2.45, 2.75) is 53.0 Å². The van der Waals surface area contributed by atoms with Gasteiger partial charge >= 0.3 is 0 Å². The number of nitrogens with two attached hydrogens (primary N) is 1. The molecule has 1 aromatic carbocycles. The van der Waals surface area contributed by atoms with Gasteiger partial charge in [0, 0.05) is 11.9 Å². The molecule has 0 unspecified atom stereocenters. The van der Waals surface area contributed by atoms with Crippen molar-refractivity contribution >= 4 is 16.6 Å². The fourth-order valence-electron chi connectivity index (χ4n) is 2.84. The minimum atomic E-state index is 0.0224. The molecule has 0 radical (unpaired) electrons. The number of hydrogen-bond donors (Lipinski definition) is 1. The van der Waals surface area contributed by atoms with Crippen molar-refractivity contribution in [2.24, 2.45) is 5.41 Å². The zero-order valence-corrected chi connectivity index (χ0v) is 13.4. The van der Waals surface area contributed by atoms with Crippen LogP contribution in [0.3, 0.4) is 0 Å². The average Bonchev–Trinajstić information content (AvgIpc) is 2.44. The second kappa shape index (κ2) is 6.33. The highest BCUT2D eigenvalue weighted by Crippen LogP contribution is 2.27. The zero-order chi connectivity index (χ0) is 15.5. The summed E-state index contributed by atoms with van der Waals surface area (Å²) in [4.78, 5) is 12.6. The molecule has 2 aromatic rings. The van der Waals surface area contributed by atoms with E-state index in [2.05, 4.69) is 20.8 Å². The van der Waals surface area contributed by atoms with Crippen LogP contribution in [0.4, 0.5) is 5.82 Å². The maximum absolute atomic E-state index is 12.6. The smallest absolute Gasteiger partial charge is 0.259 e. The van der Waals surface area contributed by atoms with Crippen molar-refractivity contribution in [3.8, 4) is 0 Å². The van der Waals surface area contributed by atoms with Crippen molar-refractivity contribution < 1.29 is 0 Å². The molecule has 0 fully saturated rings. The predicted octanol–water partition coefficient (Wildman–Crippen LogP) is 4.19. The molecule has 3 nitrogen and oxygen atoms in total. The van der Waals surface area contributed by atoms with Crippen LogP contribution < -0.4 is 11.3 Å². The number of benzene rings is 1. The first-order valence-corrected chi connectivity index (χ1v) is 7.83. The summed E-state index contributed by atoms with van der Waals surface area (Å²) in [6, 6.07) is 9.54. The van der Waals surface area contributed by atoms with E-state index in [0.717, 1.165) is 17.2 Å². The Morgan fingerprint density at radius 1 is 1.19 bits per heavy atom. The van der Waals surface area contributed by atoms with Crippen molar-refractivity contribution in [1.82, 2.24) is 4.57 Å². The van der Waals surface area contributed by atoms with Crippen molar-refractivity contribution in [3.05, 3.63) is 40.7 Å². The molecular weight excluding hydrogens is 260 g/mol. The molecule has 2 N–H and O–H groups in total. The second-order valence-corrected chi connectivity index (χ2v) is 6.67. The average molecular weight is 286 g/mol. The summed E-state index contributed by atoms with van der Waals surface area (Å²) in [6.45, 7) is 7.30. The van der Waals surface area contributed by atoms with Gasteiger partial charge in [0.2, 0.25) is 0 Å². The lowest BCUT2D eigenvalue weighted by atomic mass is 9.86. The van der Waals surface area contributed by atoms with Gasteiger partial charge in [0.15, 0.2) is 0 Å². The van der Waals surface area contributed by atoms with Gasteiger partial charge in [-0.25, -0.2) is 0 Å². The summed E-state index contributed by atoms with van der Waals surface area (Å²) in [5.41, 5.74) is 6.21. The van der Waals surface area contributed by atoms with Crippen LogP contribution in [-0.2, 0) is 6.54 Å². The second-order valence-electron chi connectivity index (χ2n) is 6.67. The molecular formula is C18H26N2O. The van der Waals surface area contributed by atoms with E-state index in [1.165, 1.54) is 19.3 Å². The molecule has 3 heteroatoms. The summed E-state index contributed by atoms with van der Waals surface area (Å²) < 4.78 is 1.73. The van der Waals surface area contributed by atoms with E-state index >= 15 is 0 Å². The number of unbranched alkanes of at least 4 members (excludes halogenated alkanes) is 2. The van der Waals surface area contributed by atoms with E-state index in [9.17, 15) is 4.79 Å². The Hall–Kier alpha value is -1.77. The normalized spacial score (nSPS) is 12.0. The molecule has 0 aliphatic rings. The summed E-state index contributed by atoms with van der Waals surface area (Å²) >= 11 is 0. The minimum Gasteiger partial charge on any atom is -0.385 e. The Labute approximate surface area is 126 Å². The van der Waals surface area contributed by atoms with Crippen LogP contribution in [0.5, 0.6) is 0 Å². The van der Waals surface area contributed by atoms with Crippen LogP contribution >= 0.6 is 0 Å². The molecule has 0 atom stereocenters. The van der Waals surface area contributed by atoms with E-state index < -0.39 is 0 Å². The van der Waals surface area contributed by atoms with Gasteiger partial charge in [0.25, 0.3) is 5.56 Å². The number of aromatic nitrogens is 1. The number of hydrogen-bond acceptors (Lipinski definition) is 2. The molecule has 1 heterocycles. The molecule has 0 saturated heterocycles. The lowest BCUT2D eigenvalue weighted by Gasteiger charge is -2.26. The first-order valence-electron chi connectivity index (χ1n) is 7.83. The van der Waals surface area contributed by atoms with E-state index in [0.29, 0.717) is 12.4 Å². The van der Waals surface area contributed by atoms with E-state index in [4.69, 9.17) is 5.73 Å². The number of rotatable bonds is 6. The highest BCUT2D eigenvalue weighted by molar-refractivity contribution is 5.83. The van der Waals surface area contributed by atoms with Crippen LogP contribution in [-0.4, -0.2) is 4.57 Å². The lowest BCUT2D eigenvalue weighted by molar-refractivity contribution is 0.270. The van der Waals surface area contributed by atoms with Crippen LogP contribution in [0.2, 0.25) is 0 Å². The van der Waals surface area contributed by atoms with Gasteiger partial charge < -0.3 is 5.73 Å². The van der Waals surface area contributed by atoms with Crippen LogP contribution in [0, 0.1) is 5.41 Å². The van der Waals surface area contributed by atoms with Gasteiger partial charge in [-0.15, -0.1) is 0 Å². The van der Waals surface area contributed by atoms with Crippen molar-refractivity contribution in [1.29, 1.82) is 0 Å². The first-order chi connectivity index (χ1) is 9.94. The third kappa shape index (κ3) is 3.66. The standard InChI is InChI=1S/C18H26N2O/c1-4-5-8-11-18(2,3)13-20-16(19)12-14-9-6-7-10-15(14)17(20)21/h6-7,9-10,12H,4-5,8,11,13,19H2,1-3H3. The SMILES string of the molecule is CCCCCC(C)(C)Cn1c(N)cc2ccccc2c1=O. The molecule has 0 aliphatic heterocycles. The van der Waals surface area contributed by atoms with Crippen molar-refractivity contribution in [2.75, 3.05) is 5.73 Å². The van der Waals surface area contributed by atoms with Gasteiger partial charge in [-0.2, -0.15) is 0 Å². The molecule has 114 valence electrons. The highest BCUT2D eigenvalue weighted by atomic mass is 16.1. The Morgan fingerprint density at radius 2 is 1.90 bits per heavy atom. The predicted molar refractivity (Wildman–Crippen MR) is 90.5 cm³/mol. The fraction of sp³-hybridized carbons (Fsp3) is 0.500. The Bertz CT molecular complexity index is 670. The quantitative estimate of drug-likeness (QED) is 0.809. The van der Waals surface area contributed by atoms with Gasteiger partial charge in [-0.3, -0.25) is 9.36 Å². The molecule has 21 heavy (non-hydrogen) atoms. The number of fused-ring (bicyclic) bond motifs is 1. The first kappa shape index (κ1) is 15.6. The highest BCUT2D eigenvalue weighted by Gasteiger charge is 2.20. The third-order valence-electron chi connectivity index (χ3n) is 4.09. The Kier molecular flexibility index (Phi) is 4.71.